The Labute approximate surface area is 153 Å². The maximum atomic E-state index is 4.53. The lowest BCUT2D eigenvalue weighted by Gasteiger charge is -2.08. The van der Waals surface area contributed by atoms with Crippen LogP contribution in [0.15, 0.2) is 67.0 Å². The zero-order chi connectivity index (χ0) is 17.8. The summed E-state index contributed by atoms with van der Waals surface area (Å²) in [4.78, 5) is 4.53. The molecule has 0 unspecified atom stereocenters. The molecule has 26 heavy (non-hydrogen) atoms. The van der Waals surface area contributed by atoms with Gasteiger partial charge in [-0.15, -0.1) is 0 Å². The molecule has 2 heterocycles. The Morgan fingerprint density at radius 3 is 2.69 bits per heavy atom. The number of fused-ring (bicyclic) bond motifs is 1. The molecule has 0 saturated heterocycles. The van der Waals surface area contributed by atoms with Gasteiger partial charge in [-0.05, 0) is 37.1 Å². The van der Waals surface area contributed by atoms with Crippen LogP contribution in [0.4, 0.5) is 0 Å². The quantitative estimate of drug-likeness (QED) is 0.515. The van der Waals surface area contributed by atoms with Gasteiger partial charge < -0.3 is 5.32 Å². The molecule has 0 amide bonds. The molecular weight excluding hydrogens is 320 g/mol. The first-order chi connectivity index (χ1) is 12.8. The fraction of sp³-hybridized carbons (Fsp3) is 0.182. The molecule has 4 aromatic rings. The van der Waals surface area contributed by atoms with Crippen LogP contribution in [0, 0.1) is 6.92 Å². The van der Waals surface area contributed by atoms with Gasteiger partial charge in [-0.1, -0.05) is 54.1 Å². The molecule has 4 nitrogen and oxygen atoms in total. The number of H-pyrrole nitrogens is 1. The highest BCUT2D eigenvalue weighted by molar-refractivity contribution is 5.81. The van der Waals surface area contributed by atoms with Crippen LogP contribution in [0.2, 0.25) is 0 Å². The van der Waals surface area contributed by atoms with E-state index in [4.69, 9.17) is 0 Å². The number of hydrogen-bond donors (Lipinski definition) is 2. The Kier molecular flexibility index (Phi) is 4.75. The van der Waals surface area contributed by atoms with Gasteiger partial charge in [0.25, 0.3) is 0 Å². The van der Waals surface area contributed by atoms with Gasteiger partial charge in [0.2, 0.25) is 0 Å². The first-order valence-electron chi connectivity index (χ1n) is 8.94. The third kappa shape index (κ3) is 3.51. The second-order valence-corrected chi connectivity index (χ2v) is 6.56. The van der Waals surface area contributed by atoms with Crippen molar-refractivity contribution in [1.82, 2.24) is 20.5 Å². The van der Waals surface area contributed by atoms with Crippen molar-refractivity contribution in [3.63, 3.8) is 0 Å². The van der Waals surface area contributed by atoms with E-state index in [-0.39, 0.29) is 0 Å². The van der Waals surface area contributed by atoms with E-state index in [0.717, 1.165) is 30.7 Å². The number of benzene rings is 2. The molecule has 0 aliphatic carbocycles. The molecule has 0 aliphatic rings. The van der Waals surface area contributed by atoms with Crippen molar-refractivity contribution < 1.29 is 0 Å². The van der Waals surface area contributed by atoms with Crippen LogP contribution >= 0.6 is 0 Å². The van der Waals surface area contributed by atoms with E-state index in [0.29, 0.717) is 0 Å². The van der Waals surface area contributed by atoms with Gasteiger partial charge in [-0.3, -0.25) is 10.1 Å². The smallest absolute Gasteiger partial charge is 0.0734 e. The summed E-state index contributed by atoms with van der Waals surface area (Å²) in [5.41, 5.74) is 7.08. The highest BCUT2D eigenvalue weighted by Gasteiger charge is 2.07. The fourth-order valence-electron chi connectivity index (χ4n) is 3.23. The SMILES string of the molecule is Cc1ccc(-c2[nH]ncc2CNCCc2cccc3cccnc23)cc1. The summed E-state index contributed by atoms with van der Waals surface area (Å²) in [6, 6.07) is 19.0. The number of aryl methyl sites for hydroxylation is 1. The monoisotopic (exact) mass is 342 g/mol. The minimum absolute atomic E-state index is 0.790. The van der Waals surface area contributed by atoms with Gasteiger partial charge in [-0.2, -0.15) is 5.10 Å². The maximum Gasteiger partial charge on any atom is 0.0734 e. The van der Waals surface area contributed by atoms with Gasteiger partial charge in [-0.25, -0.2) is 0 Å². The van der Waals surface area contributed by atoms with Crippen LogP contribution in [-0.2, 0) is 13.0 Å². The van der Waals surface area contributed by atoms with Crippen LogP contribution < -0.4 is 5.32 Å². The topological polar surface area (TPSA) is 53.6 Å². The number of para-hydroxylation sites is 1. The first kappa shape index (κ1) is 16.5. The van der Waals surface area contributed by atoms with Crippen molar-refractivity contribution >= 4 is 10.9 Å². The molecule has 2 N–H and O–H groups in total. The van der Waals surface area contributed by atoms with Crippen molar-refractivity contribution in [2.24, 2.45) is 0 Å². The van der Waals surface area contributed by atoms with E-state index in [9.17, 15) is 0 Å². The van der Waals surface area contributed by atoms with Crippen LogP contribution in [0.5, 0.6) is 0 Å². The summed E-state index contributed by atoms with van der Waals surface area (Å²) in [6.45, 7) is 3.79. The Balaban J connectivity index is 1.40. The van der Waals surface area contributed by atoms with Crippen molar-refractivity contribution in [3.05, 3.63) is 83.7 Å². The second-order valence-electron chi connectivity index (χ2n) is 6.56. The van der Waals surface area contributed by atoms with Crippen molar-refractivity contribution in [1.29, 1.82) is 0 Å². The standard InChI is InChI=1S/C22H22N4/c1-16-7-9-19(10-8-16)22-20(15-25-26-22)14-23-13-11-18-5-2-4-17-6-3-12-24-21(17)18/h2-10,12,15,23H,11,13-14H2,1H3,(H,25,26). The molecule has 0 bridgehead atoms. The van der Waals surface area contributed by atoms with Crippen LogP contribution in [0.1, 0.15) is 16.7 Å². The Bertz CT molecular complexity index is 997. The minimum atomic E-state index is 0.790. The molecule has 2 aromatic heterocycles. The van der Waals surface area contributed by atoms with E-state index >= 15 is 0 Å². The summed E-state index contributed by atoms with van der Waals surface area (Å²) in [6.07, 6.45) is 4.71. The third-order valence-electron chi connectivity index (χ3n) is 4.66. The number of aromatic amines is 1. The van der Waals surface area contributed by atoms with E-state index in [1.165, 1.54) is 27.6 Å². The van der Waals surface area contributed by atoms with Gasteiger partial charge >= 0.3 is 0 Å². The molecule has 0 radical (unpaired) electrons. The van der Waals surface area contributed by atoms with Crippen molar-refractivity contribution in [3.8, 4) is 11.3 Å². The van der Waals surface area contributed by atoms with Gasteiger partial charge in [0, 0.05) is 23.7 Å². The van der Waals surface area contributed by atoms with Gasteiger partial charge in [0.15, 0.2) is 0 Å². The highest BCUT2D eigenvalue weighted by Crippen LogP contribution is 2.21. The summed E-state index contributed by atoms with van der Waals surface area (Å²) in [5.74, 6) is 0. The van der Waals surface area contributed by atoms with E-state index in [2.05, 4.69) is 76.0 Å². The number of pyridine rings is 1. The molecular formula is C22H22N4. The summed E-state index contributed by atoms with van der Waals surface area (Å²) < 4.78 is 0. The Hall–Kier alpha value is -2.98. The number of rotatable bonds is 6. The summed E-state index contributed by atoms with van der Waals surface area (Å²) in [5, 5.41) is 12.1. The molecule has 4 rings (SSSR count). The molecule has 130 valence electrons. The number of hydrogen-bond acceptors (Lipinski definition) is 3. The summed E-state index contributed by atoms with van der Waals surface area (Å²) >= 11 is 0. The Morgan fingerprint density at radius 1 is 0.962 bits per heavy atom. The Morgan fingerprint density at radius 2 is 1.81 bits per heavy atom. The highest BCUT2D eigenvalue weighted by atomic mass is 15.1. The first-order valence-corrected chi connectivity index (χ1v) is 8.94. The third-order valence-corrected chi connectivity index (χ3v) is 4.66. The lowest BCUT2D eigenvalue weighted by Crippen LogP contribution is -2.17. The zero-order valence-electron chi connectivity index (χ0n) is 14.9. The predicted molar refractivity (Wildman–Crippen MR) is 106 cm³/mol. The average Bonchev–Trinajstić information content (AvgIpc) is 3.14. The molecule has 0 fully saturated rings. The normalized spacial score (nSPS) is 11.1. The predicted octanol–water partition coefficient (Wildman–Crippen LogP) is 4.27. The van der Waals surface area contributed by atoms with E-state index in [1.54, 1.807) is 0 Å². The second kappa shape index (κ2) is 7.50. The van der Waals surface area contributed by atoms with E-state index < -0.39 is 0 Å². The largest absolute Gasteiger partial charge is 0.312 e. The van der Waals surface area contributed by atoms with E-state index in [1.807, 2.05) is 18.5 Å². The maximum absolute atomic E-state index is 4.53. The molecule has 0 aliphatic heterocycles. The number of aromatic nitrogens is 3. The fourth-order valence-corrected chi connectivity index (χ4v) is 3.23. The molecule has 2 aromatic carbocycles. The lowest BCUT2D eigenvalue weighted by molar-refractivity contribution is 0.689. The number of nitrogens with one attached hydrogen (secondary N) is 2. The molecule has 4 heteroatoms. The zero-order valence-corrected chi connectivity index (χ0v) is 14.9. The lowest BCUT2D eigenvalue weighted by atomic mass is 10.1. The number of nitrogens with zero attached hydrogens (tertiary/aromatic N) is 2. The minimum Gasteiger partial charge on any atom is -0.312 e. The van der Waals surface area contributed by atoms with Crippen LogP contribution in [0.25, 0.3) is 22.2 Å². The van der Waals surface area contributed by atoms with Crippen molar-refractivity contribution in [2.75, 3.05) is 6.54 Å². The summed E-state index contributed by atoms with van der Waals surface area (Å²) in [7, 11) is 0. The van der Waals surface area contributed by atoms with Crippen LogP contribution in [-0.4, -0.2) is 21.7 Å². The van der Waals surface area contributed by atoms with Gasteiger partial charge in [0.1, 0.15) is 0 Å². The average molecular weight is 342 g/mol. The molecule has 0 atom stereocenters. The van der Waals surface area contributed by atoms with Crippen LogP contribution in [0.3, 0.4) is 0 Å². The van der Waals surface area contributed by atoms with Crippen molar-refractivity contribution in [2.45, 2.75) is 19.9 Å². The molecule has 0 spiro atoms. The molecule has 0 saturated carbocycles. The van der Waals surface area contributed by atoms with Gasteiger partial charge in [0.05, 0.1) is 17.4 Å².